The van der Waals surface area contributed by atoms with Gasteiger partial charge in [0.05, 0.1) is 0 Å². The number of nitriles is 1. The van der Waals surface area contributed by atoms with E-state index in [1.54, 1.807) is 6.07 Å². The number of alkyl halides is 1. The number of rotatable bonds is 4. The average molecular weight is 239 g/mol. The number of allylic oxidation sites excluding steroid dienone is 1. The van der Waals surface area contributed by atoms with Crippen LogP contribution in [0, 0.1) is 10.7 Å². The highest BCUT2D eigenvalue weighted by molar-refractivity contribution is 8.03. The molecule has 1 rings (SSSR count). The first-order valence-corrected chi connectivity index (χ1v) is 5.81. The molecule has 0 atom stereocenters. The van der Waals surface area contributed by atoms with Gasteiger partial charge in [-0.2, -0.15) is 5.26 Å². The van der Waals surface area contributed by atoms with E-state index in [1.807, 2.05) is 29.7 Å². The zero-order valence-corrected chi connectivity index (χ0v) is 9.68. The molecule has 2 N–H and O–H groups in total. The number of thioether (sulfide) groups is 1. The van der Waals surface area contributed by atoms with E-state index in [-0.39, 0.29) is 0 Å². The second kappa shape index (κ2) is 6.39. The van der Waals surface area contributed by atoms with Crippen LogP contribution in [-0.4, -0.2) is 5.88 Å². The van der Waals surface area contributed by atoms with Gasteiger partial charge < -0.3 is 5.73 Å². The predicted octanol–water partition coefficient (Wildman–Crippen LogP) is 3.48. The van der Waals surface area contributed by atoms with Crippen molar-refractivity contribution in [3.8, 4) is 5.40 Å². The third-order valence-corrected chi connectivity index (χ3v) is 2.59. The molecule has 0 saturated carbocycles. The van der Waals surface area contributed by atoms with E-state index in [2.05, 4.69) is 0 Å². The first-order chi connectivity index (χ1) is 7.27. The van der Waals surface area contributed by atoms with Crippen molar-refractivity contribution in [3.63, 3.8) is 0 Å². The number of nitrogen functional groups attached to an aromatic ring is 1. The molecule has 0 aliphatic carbocycles. The smallest absolute Gasteiger partial charge is 0.138 e. The van der Waals surface area contributed by atoms with Gasteiger partial charge in [0.15, 0.2) is 0 Å². The van der Waals surface area contributed by atoms with E-state index in [9.17, 15) is 0 Å². The Bertz CT molecular complexity index is 396. The Morgan fingerprint density at radius 1 is 1.53 bits per heavy atom. The molecule has 2 nitrogen and oxygen atoms in total. The van der Waals surface area contributed by atoms with Gasteiger partial charge in [-0.25, -0.2) is 0 Å². The number of hydrogen-bond acceptors (Lipinski definition) is 3. The molecule has 0 aromatic heterocycles. The lowest BCUT2D eigenvalue weighted by atomic mass is 10.1. The summed E-state index contributed by atoms with van der Waals surface area (Å²) < 4.78 is 0. The fraction of sp³-hybridized carbons (Fsp3) is 0.182. The summed E-state index contributed by atoms with van der Waals surface area (Å²) in [6.45, 7) is 0. The van der Waals surface area contributed by atoms with Gasteiger partial charge in [0.2, 0.25) is 0 Å². The normalized spacial score (nSPS) is 10.4. The van der Waals surface area contributed by atoms with Crippen molar-refractivity contribution in [2.75, 3.05) is 11.6 Å². The molecule has 0 aliphatic heterocycles. The molecule has 1 aromatic rings. The number of anilines is 1. The van der Waals surface area contributed by atoms with Gasteiger partial charge in [-0.1, -0.05) is 12.2 Å². The third-order valence-electron chi connectivity index (χ3n) is 1.79. The van der Waals surface area contributed by atoms with Crippen LogP contribution >= 0.6 is 23.4 Å². The molecule has 0 spiro atoms. The van der Waals surface area contributed by atoms with Crippen LogP contribution in [-0.2, 0) is 0 Å². The zero-order valence-electron chi connectivity index (χ0n) is 8.11. The Labute approximate surface area is 98.7 Å². The van der Waals surface area contributed by atoms with Crippen molar-refractivity contribution < 1.29 is 0 Å². The summed E-state index contributed by atoms with van der Waals surface area (Å²) in [4.78, 5) is 0.900. The van der Waals surface area contributed by atoms with Crippen LogP contribution in [0.3, 0.4) is 0 Å². The lowest BCUT2D eigenvalue weighted by molar-refractivity contribution is 1.24. The summed E-state index contributed by atoms with van der Waals surface area (Å²) in [5.74, 6) is 0.600. The maximum absolute atomic E-state index is 8.54. The molecule has 0 aliphatic rings. The number of hydrogen-bond donors (Lipinski definition) is 1. The predicted molar refractivity (Wildman–Crippen MR) is 66.7 cm³/mol. The van der Waals surface area contributed by atoms with Gasteiger partial charge in [-0.15, -0.1) is 11.6 Å². The topological polar surface area (TPSA) is 49.8 Å². The fourth-order valence-corrected chi connectivity index (χ4v) is 1.64. The maximum Gasteiger partial charge on any atom is 0.138 e. The summed E-state index contributed by atoms with van der Waals surface area (Å²) in [6.07, 6.45) is 4.72. The average Bonchev–Trinajstić information content (AvgIpc) is 2.23. The fourth-order valence-electron chi connectivity index (χ4n) is 1.09. The van der Waals surface area contributed by atoms with Crippen LogP contribution < -0.4 is 5.73 Å². The van der Waals surface area contributed by atoms with Crippen LogP contribution in [0.1, 0.15) is 12.0 Å². The minimum atomic E-state index is 0.600. The van der Waals surface area contributed by atoms with Crippen molar-refractivity contribution in [1.82, 2.24) is 0 Å². The van der Waals surface area contributed by atoms with Crippen molar-refractivity contribution >= 4 is 35.1 Å². The maximum atomic E-state index is 8.54. The quantitative estimate of drug-likeness (QED) is 0.378. The highest BCUT2D eigenvalue weighted by Gasteiger charge is 1.98. The molecule has 0 amide bonds. The van der Waals surface area contributed by atoms with E-state index < -0.39 is 0 Å². The molecule has 0 fully saturated rings. The van der Waals surface area contributed by atoms with Gasteiger partial charge in [-0.05, 0) is 41.9 Å². The number of nitrogens with zero attached hydrogens (tertiary/aromatic N) is 1. The van der Waals surface area contributed by atoms with Crippen LogP contribution in [0.4, 0.5) is 5.69 Å². The highest BCUT2D eigenvalue weighted by Crippen LogP contribution is 2.23. The molecule has 4 heteroatoms. The van der Waals surface area contributed by atoms with Gasteiger partial charge in [-0.3, -0.25) is 0 Å². The Morgan fingerprint density at radius 3 is 3.00 bits per heavy atom. The summed E-state index contributed by atoms with van der Waals surface area (Å²) in [7, 11) is 0. The molecule has 15 heavy (non-hydrogen) atoms. The number of thiocyanates is 1. The van der Waals surface area contributed by atoms with Gasteiger partial charge >= 0.3 is 0 Å². The second-order valence-corrected chi connectivity index (χ2v) is 4.10. The van der Waals surface area contributed by atoms with Crippen LogP contribution in [0.25, 0.3) is 6.08 Å². The SMILES string of the molecule is N#CSc1ccc(N)c(C=CCCCl)c1. The number of halogens is 1. The molecule has 0 bridgehead atoms. The Morgan fingerprint density at radius 2 is 2.33 bits per heavy atom. The summed E-state index contributed by atoms with van der Waals surface area (Å²) in [6, 6.07) is 5.54. The highest BCUT2D eigenvalue weighted by atomic mass is 35.5. The van der Waals surface area contributed by atoms with E-state index in [0.717, 1.165) is 28.6 Å². The van der Waals surface area contributed by atoms with E-state index in [1.165, 1.54) is 0 Å². The third kappa shape index (κ3) is 3.86. The summed E-state index contributed by atoms with van der Waals surface area (Å²) in [5.41, 5.74) is 7.43. The Balaban J connectivity index is 2.86. The monoisotopic (exact) mass is 238 g/mol. The molecule has 0 saturated heterocycles. The van der Waals surface area contributed by atoms with Crippen molar-refractivity contribution in [1.29, 1.82) is 5.26 Å². The van der Waals surface area contributed by atoms with E-state index in [0.29, 0.717) is 11.6 Å². The minimum Gasteiger partial charge on any atom is -0.398 e. The first kappa shape index (κ1) is 12.0. The van der Waals surface area contributed by atoms with Crippen LogP contribution in [0.5, 0.6) is 0 Å². The zero-order chi connectivity index (χ0) is 11.1. The van der Waals surface area contributed by atoms with Gasteiger partial charge in [0, 0.05) is 16.5 Å². The second-order valence-electron chi connectivity index (χ2n) is 2.86. The molecule has 0 radical (unpaired) electrons. The van der Waals surface area contributed by atoms with Crippen LogP contribution in [0.2, 0.25) is 0 Å². The standard InChI is InChI=1S/C11H11ClN2S/c12-6-2-1-3-9-7-10(15-8-13)4-5-11(9)14/h1,3-5,7H,2,6,14H2. The Hall–Kier alpha value is -1.11. The molecular weight excluding hydrogens is 228 g/mol. The molecule has 0 unspecified atom stereocenters. The number of nitrogens with two attached hydrogens (primary N) is 1. The lowest BCUT2D eigenvalue weighted by Gasteiger charge is -2.01. The molecular formula is C11H11ClN2S. The first-order valence-electron chi connectivity index (χ1n) is 4.46. The van der Waals surface area contributed by atoms with E-state index in [4.69, 9.17) is 22.6 Å². The number of benzene rings is 1. The van der Waals surface area contributed by atoms with Crippen LogP contribution in [0.15, 0.2) is 29.2 Å². The van der Waals surface area contributed by atoms with Crippen molar-refractivity contribution in [2.45, 2.75) is 11.3 Å². The lowest BCUT2D eigenvalue weighted by Crippen LogP contribution is -1.89. The van der Waals surface area contributed by atoms with Gasteiger partial charge in [0.25, 0.3) is 0 Å². The summed E-state index contributed by atoms with van der Waals surface area (Å²) >= 11 is 6.69. The largest absolute Gasteiger partial charge is 0.398 e. The molecule has 78 valence electrons. The molecule has 1 aromatic carbocycles. The Kier molecular flexibility index (Phi) is 5.09. The minimum absolute atomic E-state index is 0.600. The van der Waals surface area contributed by atoms with Gasteiger partial charge in [0.1, 0.15) is 5.40 Å². The summed E-state index contributed by atoms with van der Waals surface area (Å²) in [5, 5.41) is 10.6. The van der Waals surface area contributed by atoms with Crippen molar-refractivity contribution in [3.05, 3.63) is 29.8 Å². The molecule has 0 heterocycles. The van der Waals surface area contributed by atoms with E-state index >= 15 is 0 Å². The van der Waals surface area contributed by atoms with Crippen molar-refractivity contribution in [2.24, 2.45) is 0 Å².